The number of urea groups is 1. The maximum Gasteiger partial charge on any atom is 0.330 e. The number of benzene rings is 2. The summed E-state index contributed by atoms with van der Waals surface area (Å²) in [5, 5.41) is 3.73. The Labute approximate surface area is 239 Å². The highest BCUT2D eigenvalue weighted by atomic mass is 35.5. The number of amidine groups is 1. The lowest BCUT2D eigenvalue weighted by Gasteiger charge is -2.56. The molecule has 3 amide bonds. The summed E-state index contributed by atoms with van der Waals surface area (Å²) in [6.45, 7) is 10.1. The molecule has 0 radical (unpaired) electrons. The summed E-state index contributed by atoms with van der Waals surface area (Å²) in [4.78, 5) is 36.0. The van der Waals surface area contributed by atoms with E-state index in [2.05, 4.69) is 24.4 Å². The van der Waals surface area contributed by atoms with Gasteiger partial charge in [-0.05, 0) is 50.6 Å². The first kappa shape index (κ1) is 26.4. The average molecular weight is 561 g/mol. The van der Waals surface area contributed by atoms with Crippen molar-refractivity contribution in [2.45, 2.75) is 52.8 Å². The molecular weight excluding hydrogens is 528 g/mol. The molecule has 0 saturated carbocycles. The summed E-state index contributed by atoms with van der Waals surface area (Å²) in [6, 6.07) is 12.1. The molecule has 208 valence electrons. The molecule has 9 heteroatoms. The highest BCUT2D eigenvalue weighted by molar-refractivity contribution is 6.30. The molecule has 8 nitrogen and oxygen atoms in total. The van der Waals surface area contributed by atoms with Crippen LogP contribution in [0.25, 0.3) is 0 Å². The molecule has 40 heavy (non-hydrogen) atoms. The molecule has 2 aromatic carbocycles. The van der Waals surface area contributed by atoms with Crippen LogP contribution in [-0.2, 0) is 4.79 Å². The van der Waals surface area contributed by atoms with Gasteiger partial charge in [0.2, 0.25) is 5.91 Å². The molecule has 0 aromatic heterocycles. The molecule has 1 N–H and O–H groups in total. The zero-order chi connectivity index (χ0) is 28.6. The number of amides is 3. The highest BCUT2D eigenvalue weighted by Crippen LogP contribution is 2.57. The number of allylic oxidation sites excluding steroid dienone is 1. The number of carbonyl (C=O) groups excluding carboxylic acids is 2. The second kappa shape index (κ2) is 9.13. The van der Waals surface area contributed by atoms with Gasteiger partial charge in [0, 0.05) is 22.2 Å². The van der Waals surface area contributed by atoms with Gasteiger partial charge >= 0.3 is 6.03 Å². The van der Waals surface area contributed by atoms with E-state index in [1.165, 1.54) is 0 Å². The van der Waals surface area contributed by atoms with Crippen molar-refractivity contribution in [3.05, 3.63) is 82.2 Å². The van der Waals surface area contributed by atoms with Crippen molar-refractivity contribution in [1.82, 2.24) is 15.1 Å². The van der Waals surface area contributed by atoms with Gasteiger partial charge < -0.3 is 14.8 Å². The van der Waals surface area contributed by atoms with E-state index in [-0.39, 0.29) is 24.6 Å². The van der Waals surface area contributed by atoms with Gasteiger partial charge in [0.05, 0.1) is 42.0 Å². The predicted octanol–water partition coefficient (Wildman–Crippen LogP) is 5.69. The monoisotopic (exact) mass is 560 g/mol. The third-order valence-corrected chi connectivity index (χ3v) is 8.45. The standard InChI is InChI=1S/C31H33ClN4O4/c1-17(2)40-22-15-20(39-6)11-12-21(22)28-34-24(18-7-9-19(32)10-8-18)26-31(5)14-13-30(3,4)25-27(31)35(16-23(37)33-25)29(38)36(26)28/h7-15,17,24,26H,16H2,1-6H3,(H,33,37)/t24-,26-,31?/m0/s1. The maximum absolute atomic E-state index is 14.5. The largest absolute Gasteiger partial charge is 0.497 e. The Kier molecular flexibility index (Phi) is 6.03. The number of carbonyl (C=O) groups is 2. The van der Waals surface area contributed by atoms with Crippen LogP contribution >= 0.6 is 11.6 Å². The maximum atomic E-state index is 14.5. The van der Waals surface area contributed by atoms with Crippen molar-refractivity contribution < 1.29 is 19.1 Å². The van der Waals surface area contributed by atoms with E-state index in [1.54, 1.807) is 16.9 Å². The molecule has 6 rings (SSSR count). The van der Waals surface area contributed by atoms with Crippen molar-refractivity contribution in [2.24, 2.45) is 15.8 Å². The summed E-state index contributed by atoms with van der Waals surface area (Å²) in [5.41, 5.74) is 2.12. The second-order valence-electron chi connectivity index (χ2n) is 11.8. The fraction of sp³-hybridized carbons (Fsp3) is 0.387. The lowest BCUT2D eigenvalue weighted by Crippen LogP contribution is -2.67. The van der Waals surface area contributed by atoms with E-state index in [1.807, 2.05) is 70.2 Å². The van der Waals surface area contributed by atoms with Crippen LogP contribution in [-0.4, -0.2) is 53.4 Å². The van der Waals surface area contributed by atoms with Crippen LogP contribution in [0, 0.1) is 10.8 Å². The Morgan fingerprint density at radius 1 is 1.07 bits per heavy atom. The second-order valence-corrected chi connectivity index (χ2v) is 12.2. The topological polar surface area (TPSA) is 83.5 Å². The van der Waals surface area contributed by atoms with E-state index in [0.29, 0.717) is 27.9 Å². The van der Waals surface area contributed by atoms with Crippen molar-refractivity contribution in [3.63, 3.8) is 0 Å². The molecular formula is C31H33ClN4O4. The smallest absolute Gasteiger partial charge is 0.330 e. The van der Waals surface area contributed by atoms with Gasteiger partial charge in [-0.1, -0.05) is 49.7 Å². The third kappa shape index (κ3) is 3.91. The molecule has 1 fully saturated rings. The number of ether oxygens (including phenoxy) is 2. The number of aliphatic imine (C=N–C) groups is 1. The van der Waals surface area contributed by atoms with Gasteiger partial charge in [-0.15, -0.1) is 0 Å². The number of hydrogen-bond acceptors (Lipinski definition) is 5. The highest BCUT2D eigenvalue weighted by Gasteiger charge is 2.61. The predicted molar refractivity (Wildman–Crippen MR) is 153 cm³/mol. The Balaban J connectivity index is 1.59. The Morgan fingerprint density at radius 3 is 2.48 bits per heavy atom. The summed E-state index contributed by atoms with van der Waals surface area (Å²) >= 11 is 6.25. The van der Waals surface area contributed by atoms with Crippen LogP contribution in [0.1, 0.15) is 51.8 Å². The van der Waals surface area contributed by atoms with Crippen LogP contribution in [0.4, 0.5) is 4.79 Å². The Bertz CT molecular complexity index is 1510. The van der Waals surface area contributed by atoms with E-state index >= 15 is 0 Å². The zero-order valence-electron chi connectivity index (χ0n) is 23.5. The SMILES string of the molecule is COc1ccc(C2=N[C@@H](c3ccc(Cl)cc3)[C@@H]3N2C(=O)N2CC(=O)NC4=C2C3(C)C=CC4(C)C)c(OC(C)C)c1. The molecule has 3 atom stereocenters. The Morgan fingerprint density at radius 2 is 1.80 bits per heavy atom. The zero-order valence-corrected chi connectivity index (χ0v) is 24.2. The van der Waals surface area contributed by atoms with Crippen molar-refractivity contribution in [1.29, 1.82) is 0 Å². The lowest BCUT2D eigenvalue weighted by atomic mass is 9.64. The number of hydrogen-bond donors (Lipinski definition) is 1. The van der Waals surface area contributed by atoms with Gasteiger partial charge in [-0.3, -0.25) is 19.6 Å². The first-order valence-corrected chi connectivity index (χ1v) is 13.9. The molecule has 1 saturated heterocycles. The molecule has 4 aliphatic rings. The average Bonchev–Trinajstić information content (AvgIpc) is 3.31. The number of halogens is 1. The minimum Gasteiger partial charge on any atom is -0.497 e. The molecule has 0 bridgehead atoms. The van der Waals surface area contributed by atoms with Gasteiger partial charge in [-0.25, -0.2) is 4.79 Å². The molecule has 1 unspecified atom stereocenters. The molecule has 3 aliphatic heterocycles. The molecule has 0 spiro atoms. The lowest BCUT2D eigenvalue weighted by molar-refractivity contribution is -0.122. The van der Waals surface area contributed by atoms with Gasteiger partial charge in [0.1, 0.15) is 23.9 Å². The van der Waals surface area contributed by atoms with E-state index in [4.69, 9.17) is 26.1 Å². The number of nitrogens with one attached hydrogen (secondary N) is 1. The van der Waals surface area contributed by atoms with Gasteiger partial charge in [0.15, 0.2) is 0 Å². The van der Waals surface area contributed by atoms with Crippen molar-refractivity contribution in [3.8, 4) is 11.5 Å². The van der Waals surface area contributed by atoms with Crippen LogP contribution in [0.15, 0.2) is 71.0 Å². The van der Waals surface area contributed by atoms with Crippen LogP contribution in [0.3, 0.4) is 0 Å². The fourth-order valence-electron chi connectivity index (χ4n) is 6.32. The quantitative estimate of drug-likeness (QED) is 0.476. The summed E-state index contributed by atoms with van der Waals surface area (Å²) in [7, 11) is 1.60. The van der Waals surface area contributed by atoms with Gasteiger partial charge in [-0.2, -0.15) is 0 Å². The molecule has 2 aromatic rings. The number of nitrogens with zero attached hydrogens (tertiary/aromatic N) is 3. The number of rotatable bonds is 5. The molecule has 3 heterocycles. The number of methoxy groups -OCH3 is 1. The van der Waals surface area contributed by atoms with Crippen LogP contribution < -0.4 is 14.8 Å². The van der Waals surface area contributed by atoms with E-state index in [0.717, 1.165) is 17.0 Å². The fourth-order valence-corrected chi connectivity index (χ4v) is 6.45. The summed E-state index contributed by atoms with van der Waals surface area (Å²) in [5.74, 6) is 1.50. The normalized spacial score (nSPS) is 26.4. The minimum atomic E-state index is -0.645. The number of fused-ring (bicyclic) bond motifs is 2. The third-order valence-electron chi connectivity index (χ3n) is 8.20. The first-order chi connectivity index (χ1) is 18.9. The van der Waals surface area contributed by atoms with Crippen LogP contribution in [0.2, 0.25) is 5.02 Å². The van der Waals surface area contributed by atoms with Gasteiger partial charge in [0.25, 0.3) is 0 Å². The minimum absolute atomic E-state index is 0.0583. The van der Waals surface area contributed by atoms with Crippen molar-refractivity contribution in [2.75, 3.05) is 13.7 Å². The molecule has 1 aliphatic carbocycles. The van der Waals surface area contributed by atoms with Crippen LogP contribution in [0.5, 0.6) is 11.5 Å². The van der Waals surface area contributed by atoms with Crippen molar-refractivity contribution >= 4 is 29.4 Å². The first-order valence-electron chi connectivity index (χ1n) is 13.5. The van der Waals surface area contributed by atoms with E-state index < -0.39 is 22.9 Å². The van der Waals surface area contributed by atoms with E-state index in [9.17, 15) is 9.59 Å². The summed E-state index contributed by atoms with van der Waals surface area (Å²) in [6.07, 6.45) is 4.19. The summed E-state index contributed by atoms with van der Waals surface area (Å²) < 4.78 is 11.7. The Hall–Kier alpha value is -3.78.